The van der Waals surface area contributed by atoms with E-state index in [9.17, 15) is 20.1 Å². The predicted octanol–water partition coefficient (Wildman–Crippen LogP) is -2.29. The van der Waals surface area contributed by atoms with Crippen molar-refractivity contribution in [2.75, 3.05) is 12.3 Å². The molecule has 10 heteroatoms. The third-order valence-corrected chi connectivity index (χ3v) is 3.92. The van der Waals surface area contributed by atoms with Crippen LogP contribution in [-0.2, 0) is 4.74 Å². The van der Waals surface area contributed by atoms with Gasteiger partial charge in [0.15, 0.2) is 17.4 Å². The molecule has 1 saturated heterocycles. The molecule has 23 heavy (non-hydrogen) atoms. The molecule has 2 aromatic rings. The van der Waals surface area contributed by atoms with Gasteiger partial charge in [0.25, 0.3) is 5.56 Å². The molecule has 0 bridgehead atoms. The Balaban J connectivity index is 2.10. The molecule has 3 heterocycles. The van der Waals surface area contributed by atoms with E-state index in [1.54, 1.807) is 0 Å². The first-order chi connectivity index (χ1) is 10.9. The first-order valence-electron chi connectivity index (χ1n) is 6.75. The van der Waals surface area contributed by atoms with Gasteiger partial charge in [-0.25, -0.2) is 4.98 Å². The van der Waals surface area contributed by atoms with Crippen LogP contribution in [0.15, 0.2) is 11.1 Å². The highest BCUT2D eigenvalue weighted by atomic mass is 16.6. The third-order valence-electron chi connectivity index (χ3n) is 3.92. The lowest BCUT2D eigenvalue weighted by Gasteiger charge is -2.28. The summed E-state index contributed by atoms with van der Waals surface area (Å²) < 4.78 is 6.77. The summed E-state index contributed by atoms with van der Waals surface area (Å²) in [6.07, 6.45) is 2.53. The minimum absolute atomic E-state index is 0.00272. The van der Waals surface area contributed by atoms with Gasteiger partial charge in [-0.15, -0.1) is 12.3 Å². The van der Waals surface area contributed by atoms with E-state index in [4.69, 9.17) is 16.9 Å². The van der Waals surface area contributed by atoms with Crippen LogP contribution in [0.4, 0.5) is 5.95 Å². The summed E-state index contributed by atoms with van der Waals surface area (Å²) in [7, 11) is 0. The van der Waals surface area contributed by atoms with E-state index in [-0.39, 0.29) is 23.5 Å². The maximum absolute atomic E-state index is 11.8. The zero-order chi connectivity index (χ0) is 16.8. The van der Waals surface area contributed by atoms with Gasteiger partial charge in [0.05, 0.1) is 12.9 Å². The zero-order valence-corrected chi connectivity index (χ0v) is 11.9. The Morgan fingerprint density at radius 1 is 1.61 bits per heavy atom. The molecule has 1 aliphatic heterocycles. The van der Waals surface area contributed by atoms with Crippen LogP contribution in [0.1, 0.15) is 12.6 Å². The van der Waals surface area contributed by atoms with E-state index in [1.807, 2.05) is 0 Å². The zero-order valence-electron chi connectivity index (χ0n) is 11.9. The first-order valence-corrected chi connectivity index (χ1v) is 6.75. The van der Waals surface area contributed by atoms with Crippen LogP contribution in [0, 0.1) is 12.3 Å². The topological polar surface area (TPSA) is 160 Å². The standard InChI is InChI=1S/C13H15N5O5/c1-2-3-13(22)6(4-19)23-11(8(13)20)18-5-15-7-9(18)16-12(14)17-10(7)21/h1,5-6,8,11,19-20,22H,3-4H2,(H3,14,16,17,21)/t6-,8+,11-,13-/m1/s1. The number of rotatable bonds is 3. The molecule has 1 fully saturated rings. The van der Waals surface area contributed by atoms with Crippen molar-refractivity contribution in [2.24, 2.45) is 0 Å². The molecule has 0 saturated carbocycles. The summed E-state index contributed by atoms with van der Waals surface area (Å²) in [5.41, 5.74) is 3.22. The summed E-state index contributed by atoms with van der Waals surface area (Å²) in [5.74, 6) is 2.12. The van der Waals surface area contributed by atoms with Gasteiger partial charge >= 0.3 is 0 Å². The minimum atomic E-state index is -1.84. The van der Waals surface area contributed by atoms with Crippen molar-refractivity contribution in [3.8, 4) is 12.3 Å². The Bertz CT molecular complexity index is 839. The highest BCUT2D eigenvalue weighted by molar-refractivity contribution is 5.70. The highest BCUT2D eigenvalue weighted by Gasteiger charge is 2.55. The lowest BCUT2D eigenvalue weighted by molar-refractivity contribution is -0.0891. The van der Waals surface area contributed by atoms with Crippen LogP contribution < -0.4 is 11.3 Å². The number of terminal acetylenes is 1. The normalized spacial score (nSPS) is 30.6. The number of imidazole rings is 1. The van der Waals surface area contributed by atoms with Crippen molar-refractivity contribution in [3.05, 3.63) is 16.7 Å². The first kappa shape index (κ1) is 15.4. The number of nitrogens with two attached hydrogens (primary N) is 1. The van der Waals surface area contributed by atoms with Gasteiger partial charge in [-0.3, -0.25) is 14.3 Å². The number of hydrogen-bond acceptors (Lipinski definition) is 8. The van der Waals surface area contributed by atoms with Crippen LogP contribution in [-0.4, -0.2) is 59.3 Å². The largest absolute Gasteiger partial charge is 0.394 e. The lowest BCUT2D eigenvalue weighted by atomic mass is 9.89. The Hall–Kier alpha value is -2.45. The van der Waals surface area contributed by atoms with Gasteiger partial charge in [-0.05, 0) is 0 Å². The van der Waals surface area contributed by atoms with Crippen LogP contribution in [0.5, 0.6) is 0 Å². The van der Waals surface area contributed by atoms with Crippen LogP contribution in [0.2, 0.25) is 0 Å². The smallest absolute Gasteiger partial charge is 0.280 e. The number of aliphatic hydroxyl groups is 3. The van der Waals surface area contributed by atoms with E-state index in [1.165, 1.54) is 10.9 Å². The fourth-order valence-electron chi connectivity index (χ4n) is 2.73. The summed E-state index contributed by atoms with van der Waals surface area (Å²) in [6, 6.07) is 0. The van der Waals surface area contributed by atoms with Crippen LogP contribution >= 0.6 is 0 Å². The fourth-order valence-corrected chi connectivity index (χ4v) is 2.73. The Morgan fingerprint density at radius 2 is 2.35 bits per heavy atom. The lowest BCUT2D eigenvalue weighted by Crippen LogP contribution is -2.48. The third kappa shape index (κ3) is 2.18. The summed E-state index contributed by atoms with van der Waals surface area (Å²) in [4.78, 5) is 22.0. The summed E-state index contributed by atoms with van der Waals surface area (Å²) in [5, 5.41) is 30.4. The molecule has 2 aromatic heterocycles. The molecule has 6 N–H and O–H groups in total. The Morgan fingerprint density at radius 3 is 3.00 bits per heavy atom. The number of nitrogen functional groups attached to an aromatic ring is 1. The van der Waals surface area contributed by atoms with Gasteiger partial charge in [0, 0.05) is 6.42 Å². The molecule has 0 unspecified atom stereocenters. The monoisotopic (exact) mass is 321 g/mol. The Labute approximate surface area is 129 Å². The number of hydrogen-bond donors (Lipinski definition) is 5. The molecule has 0 aromatic carbocycles. The number of aliphatic hydroxyl groups excluding tert-OH is 2. The fraction of sp³-hybridized carbons (Fsp3) is 0.462. The molecule has 0 amide bonds. The van der Waals surface area contributed by atoms with Crippen LogP contribution in [0.25, 0.3) is 11.2 Å². The second-order valence-corrected chi connectivity index (χ2v) is 5.29. The van der Waals surface area contributed by atoms with E-state index < -0.39 is 36.2 Å². The van der Waals surface area contributed by atoms with Gasteiger partial charge in [0.1, 0.15) is 17.8 Å². The molecule has 0 radical (unpaired) electrons. The number of anilines is 1. The molecular weight excluding hydrogens is 306 g/mol. The average molecular weight is 321 g/mol. The van der Waals surface area contributed by atoms with Crippen molar-refractivity contribution in [1.29, 1.82) is 0 Å². The van der Waals surface area contributed by atoms with E-state index in [2.05, 4.69) is 20.9 Å². The van der Waals surface area contributed by atoms with E-state index >= 15 is 0 Å². The van der Waals surface area contributed by atoms with Gasteiger partial charge in [-0.2, -0.15) is 4.98 Å². The minimum Gasteiger partial charge on any atom is -0.394 e. The van der Waals surface area contributed by atoms with E-state index in [0.29, 0.717) is 0 Å². The van der Waals surface area contributed by atoms with Crippen molar-refractivity contribution in [3.63, 3.8) is 0 Å². The number of aromatic nitrogens is 4. The summed E-state index contributed by atoms with van der Waals surface area (Å²) >= 11 is 0. The van der Waals surface area contributed by atoms with Crippen molar-refractivity contribution in [2.45, 2.75) is 30.5 Å². The second kappa shape index (κ2) is 5.32. The number of nitrogens with zero attached hydrogens (tertiary/aromatic N) is 3. The maximum Gasteiger partial charge on any atom is 0.280 e. The number of fused-ring (bicyclic) bond motifs is 1. The predicted molar refractivity (Wildman–Crippen MR) is 78.0 cm³/mol. The number of ether oxygens (including phenoxy) is 1. The highest BCUT2D eigenvalue weighted by Crippen LogP contribution is 2.39. The average Bonchev–Trinajstić information content (AvgIpc) is 3.01. The van der Waals surface area contributed by atoms with Crippen molar-refractivity contribution >= 4 is 17.1 Å². The van der Waals surface area contributed by atoms with Gasteiger partial charge < -0.3 is 25.8 Å². The number of H-pyrrole nitrogens is 1. The molecular formula is C13H15N5O5. The van der Waals surface area contributed by atoms with Crippen molar-refractivity contribution < 1.29 is 20.1 Å². The molecule has 0 spiro atoms. The van der Waals surface area contributed by atoms with Crippen LogP contribution in [0.3, 0.4) is 0 Å². The number of nitrogens with one attached hydrogen (secondary N) is 1. The van der Waals surface area contributed by atoms with E-state index in [0.717, 1.165) is 0 Å². The quantitative estimate of drug-likeness (QED) is 0.395. The van der Waals surface area contributed by atoms with Gasteiger partial charge in [0.2, 0.25) is 5.95 Å². The molecule has 1 aliphatic rings. The molecule has 0 aliphatic carbocycles. The Kier molecular flexibility index (Phi) is 3.57. The maximum atomic E-state index is 11.8. The molecule has 10 nitrogen and oxygen atoms in total. The summed E-state index contributed by atoms with van der Waals surface area (Å²) in [6.45, 7) is -0.547. The second-order valence-electron chi connectivity index (χ2n) is 5.29. The molecule has 3 rings (SSSR count). The SMILES string of the molecule is C#CC[C@@]1(O)[C@@H](CO)O[C@@H](n2cnc3c(=O)[nH]c(N)nc32)[C@@H]1O. The molecule has 122 valence electrons. The van der Waals surface area contributed by atoms with Crippen molar-refractivity contribution in [1.82, 2.24) is 19.5 Å². The molecule has 4 atom stereocenters. The number of aromatic amines is 1. The van der Waals surface area contributed by atoms with Gasteiger partial charge in [-0.1, -0.05) is 0 Å².